The quantitative estimate of drug-likeness (QED) is 0.750. The fourth-order valence-corrected chi connectivity index (χ4v) is 3.46. The molecule has 1 unspecified atom stereocenters. The van der Waals surface area contributed by atoms with Crippen LogP contribution in [0.3, 0.4) is 0 Å². The highest BCUT2D eigenvalue weighted by Crippen LogP contribution is 2.30. The van der Waals surface area contributed by atoms with Crippen molar-refractivity contribution in [2.75, 3.05) is 18.4 Å². The lowest BCUT2D eigenvalue weighted by Gasteiger charge is -2.25. The van der Waals surface area contributed by atoms with Gasteiger partial charge in [-0.15, -0.1) is 0 Å². The lowest BCUT2D eigenvalue weighted by atomic mass is 9.83. The Morgan fingerprint density at radius 3 is 2.77 bits per heavy atom. The first-order valence-corrected chi connectivity index (χ1v) is 9.14. The summed E-state index contributed by atoms with van der Waals surface area (Å²) in [5.41, 5.74) is 3.27. The number of hydrogen-bond acceptors (Lipinski definition) is 2. The molecule has 1 aliphatic rings. The smallest absolute Gasteiger partial charge is 0.319 e. The first kappa shape index (κ1) is 18.3. The van der Waals surface area contributed by atoms with E-state index in [4.69, 9.17) is 11.6 Å². The van der Waals surface area contributed by atoms with Crippen molar-refractivity contribution in [1.29, 1.82) is 0 Å². The minimum Gasteiger partial charge on any atom is -0.354 e. The second-order valence-corrected chi connectivity index (χ2v) is 6.85. The lowest BCUT2D eigenvalue weighted by molar-refractivity contribution is -0.120. The zero-order valence-corrected chi connectivity index (χ0v) is 15.2. The van der Waals surface area contributed by atoms with Crippen molar-refractivity contribution < 1.29 is 9.59 Å². The third-order valence-corrected chi connectivity index (χ3v) is 4.77. The minimum absolute atomic E-state index is 0.0687. The SMILES string of the molecule is O=C(CNC(=O)Nc1cccc(Cl)c1)NCC1CCCc2ccccc21. The number of halogens is 1. The molecule has 6 heteroatoms. The van der Waals surface area contributed by atoms with Gasteiger partial charge in [0.2, 0.25) is 5.91 Å². The average molecular weight is 372 g/mol. The summed E-state index contributed by atoms with van der Waals surface area (Å²) in [6.45, 7) is 0.522. The highest BCUT2D eigenvalue weighted by molar-refractivity contribution is 6.30. The predicted molar refractivity (Wildman–Crippen MR) is 104 cm³/mol. The third kappa shape index (κ3) is 4.99. The van der Waals surface area contributed by atoms with Crippen LogP contribution in [-0.4, -0.2) is 25.0 Å². The van der Waals surface area contributed by atoms with Crippen LogP contribution < -0.4 is 16.0 Å². The van der Waals surface area contributed by atoms with Gasteiger partial charge in [-0.25, -0.2) is 4.79 Å². The Morgan fingerprint density at radius 2 is 1.92 bits per heavy atom. The molecule has 0 bridgehead atoms. The Labute approximate surface area is 158 Å². The molecule has 2 aromatic carbocycles. The molecule has 26 heavy (non-hydrogen) atoms. The summed E-state index contributed by atoms with van der Waals surface area (Å²) >= 11 is 5.87. The summed E-state index contributed by atoms with van der Waals surface area (Å²) in [5.74, 6) is 0.137. The van der Waals surface area contributed by atoms with Crippen molar-refractivity contribution in [3.05, 3.63) is 64.7 Å². The van der Waals surface area contributed by atoms with Crippen LogP contribution in [0.5, 0.6) is 0 Å². The van der Waals surface area contributed by atoms with Gasteiger partial charge in [0, 0.05) is 23.2 Å². The van der Waals surface area contributed by atoms with E-state index in [2.05, 4.69) is 34.1 Å². The summed E-state index contributed by atoms with van der Waals surface area (Å²) in [6, 6.07) is 14.8. The maximum Gasteiger partial charge on any atom is 0.319 e. The van der Waals surface area contributed by atoms with Crippen LogP contribution in [0.2, 0.25) is 5.02 Å². The third-order valence-electron chi connectivity index (χ3n) is 4.53. The number of hydrogen-bond donors (Lipinski definition) is 3. The van der Waals surface area contributed by atoms with E-state index in [9.17, 15) is 9.59 Å². The molecule has 0 saturated carbocycles. The van der Waals surface area contributed by atoms with E-state index < -0.39 is 6.03 Å². The van der Waals surface area contributed by atoms with Crippen molar-refractivity contribution in [1.82, 2.24) is 10.6 Å². The number of nitrogens with one attached hydrogen (secondary N) is 3. The number of aryl methyl sites for hydroxylation is 1. The molecule has 3 N–H and O–H groups in total. The first-order valence-electron chi connectivity index (χ1n) is 8.77. The van der Waals surface area contributed by atoms with Crippen molar-refractivity contribution in [3.63, 3.8) is 0 Å². The maximum absolute atomic E-state index is 12.0. The maximum atomic E-state index is 12.0. The van der Waals surface area contributed by atoms with Gasteiger partial charge in [-0.3, -0.25) is 4.79 Å². The first-order chi connectivity index (χ1) is 12.6. The largest absolute Gasteiger partial charge is 0.354 e. The van der Waals surface area contributed by atoms with E-state index in [1.807, 2.05) is 6.07 Å². The molecule has 0 heterocycles. The Balaban J connectivity index is 1.43. The Kier molecular flexibility index (Phi) is 6.12. The molecule has 0 saturated heterocycles. The van der Waals surface area contributed by atoms with E-state index in [1.165, 1.54) is 11.1 Å². The van der Waals surface area contributed by atoms with Crippen LogP contribution >= 0.6 is 11.6 Å². The van der Waals surface area contributed by atoms with Crippen molar-refractivity contribution >= 4 is 29.2 Å². The summed E-state index contributed by atoms with van der Waals surface area (Å²) in [7, 11) is 0. The van der Waals surface area contributed by atoms with Crippen LogP contribution in [0.1, 0.15) is 29.9 Å². The molecular weight excluding hydrogens is 350 g/mol. The molecular formula is C20H22ClN3O2. The molecule has 2 aromatic rings. The van der Waals surface area contributed by atoms with E-state index >= 15 is 0 Å². The van der Waals surface area contributed by atoms with E-state index in [1.54, 1.807) is 24.3 Å². The number of anilines is 1. The molecule has 0 fully saturated rings. The Hall–Kier alpha value is -2.53. The fourth-order valence-electron chi connectivity index (χ4n) is 3.27. The topological polar surface area (TPSA) is 70.2 Å². The lowest BCUT2D eigenvalue weighted by Crippen LogP contribution is -2.40. The minimum atomic E-state index is -0.439. The summed E-state index contributed by atoms with van der Waals surface area (Å²) in [5, 5.41) is 8.65. The second kappa shape index (κ2) is 8.72. The molecule has 0 aliphatic heterocycles. The van der Waals surface area contributed by atoms with Gasteiger partial charge in [0.15, 0.2) is 0 Å². The van der Waals surface area contributed by atoms with Crippen molar-refractivity contribution in [2.24, 2.45) is 0 Å². The molecule has 136 valence electrons. The van der Waals surface area contributed by atoms with Crippen molar-refractivity contribution in [2.45, 2.75) is 25.2 Å². The number of amides is 3. The standard InChI is InChI=1S/C20H22ClN3O2/c21-16-8-4-9-17(11-16)24-20(26)23-13-19(25)22-12-15-7-3-6-14-5-1-2-10-18(14)15/h1-2,4-5,8-11,15H,3,6-7,12-13H2,(H,22,25)(H2,23,24,26). The Morgan fingerprint density at radius 1 is 1.08 bits per heavy atom. The van der Waals surface area contributed by atoms with Crippen molar-refractivity contribution in [3.8, 4) is 0 Å². The van der Waals surface area contributed by atoms with Crippen LogP contribution in [0, 0.1) is 0 Å². The highest BCUT2D eigenvalue weighted by Gasteiger charge is 2.20. The highest BCUT2D eigenvalue weighted by atomic mass is 35.5. The van der Waals surface area contributed by atoms with Crippen LogP contribution in [0.25, 0.3) is 0 Å². The number of fused-ring (bicyclic) bond motifs is 1. The predicted octanol–water partition coefficient (Wildman–Crippen LogP) is 3.70. The van der Waals surface area contributed by atoms with E-state index in [0.29, 0.717) is 23.2 Å². The summed E-state index contributed by atoms with van der Waals surface area (Å²) in [4.78, 5) is 23.9. The number of carbonyl (C=O) groups excluding carboxylic acids is 2. The Bertz CT molecular complexity index is 794. The van der Waals surface area contributed by atoms with Crippen LogP contribution in [-0.2, 0) is 11.2 Å². The van der Waals surface area contributed by atoms with Gasteiger partial charge in [0.1, 0.15) is 0 Å². The number of rotatable bonds is 5. The van der Waals surface area contributed by atoms with Gasteiger partial charge >= 0.3 is 6.03 Å². The number of benzene rings is 2. The zero-order chi connectivity index (χ0) is 18.4. The van der Waals surface area contributed by atoms with Gasteiger partial charge in [0.25, 0.3) is 0 Å². The van der Waals surface area contributed by atoms with E-state index in [0.717, 1.165) is 19.3 Å². The fraction of sp³-hybridized carbons (Fsp3) is 0.300. The summed E-state index contributed by atoms with van der Waals surface area (Å²) in [6.07, 6.45) is 3.31. The second-order valence-electron chi connectivity index (χ2n) is 6.41. The molecule has 5 nitrogen and oxygen atoms in total. The van der Waals surface area contributed by atoms with Gasteiger partial charge in [-0.05, 0) is 48.6 Å². The molecule has 1 atom stereocenters. The van der Waals surface area contributed by atoms with E-state index in [-0.39, 0.29) is 12.5 Å². The molecule has 0 aromatic heterocycles. The molecule has 3 rings (SSSR count). The molecule has 0 spiro atoms. The van der Waals surface area contributed by atoms with Crippen LogP contribution in [0.4, 0.5) is 10.5 Å². The monoisotopic (exact) mass is 371 g/mol. The molecule has 3 amide bonds. The summed E-state index contributed by atoms with van der Waals surface area (Å²) < 4.78 is 0. The number of carbonyl (C=O) groups is 2. The molecule has 0 radical (unpaired) electrons. The van der Waals surface area contributed by atoms with Crippen LogP contribution in [0.15, 0.2) is 48.5 Å². The number of urea groups is 1. The van der Waals surface area contributed by atoms with Gasteiger partial charge < -0.3 is 16.0 Å². The zero-order valence-electron chi connectivity index (χ0n) is 14.4. The van der Waals surface area contributed by atoms with Gasteiger partial charge in [0.05, 0.1) is 6.54 Å². The van der Waals surface area contributed by atoms with Gasteiger partial charge in [-0.1, -0.05) is 41.9 Å². The molecule has 1 aliphatic carbocycles. The van der Waals surface area contributed by atoms with Gasteiger partial charge in [-0.2, -0.15) is 0 Å². The normalized spacial score (nSPS) is 15.7. The average Bonchev–Trinajstić information content (AvgIpc) is 2.64.